The van der Waals surface area contributed by atoms with Crippen LogP contribution in [0.1, 0.15) is 21.7 Å². The second-order valence-electron chi connectivity index (χ2n) is 4.28. The molecule has 2 aromatic rings. The molecule has 0 fully saturated rings. The van der Waals surface area contributed by atoms with Gasteiger partial charge >= 0.3 is 5.97 Å². The van der Waals surface area contributed by atoms with Crippen molar-refractivity contribution in [1.29, 1.82) is 0 Å². The van der Waals surface area contributed by atoms with Crippen molar-refractivity contribution >= 4 is 23.3 Å². The zero-order valence-corrected chi connectivity index (χ0v) is 11.7. The van der Waals surface area contributed by atoms with Gasteiger partial charge in [0.05, 0.1) is 22.0 Å². The summed E-state index contributed by atoms with van der Waals surface area (Å²) in [5.41, 5.74) is 6.96. The van der Waals surface area contributed by atoms with E-state index in [1.807, 2.05) is 0 Å². The SMILES string of the molecule is Cc1nn(C)c(COC(=O)c2cc(F)ccc2N)c1Cl. The summed E-state index contributed by atoms with van der Waals surface area (Å²) in [7, 11) is 1.69. The number of hydrogen-bond donors (Lipinski definition) is 1. The monoisotopic (exact) mass is 297 g/mol. The first-order valence-corrected chi connectivity index (χ1v) is 6.18. The van der Waals surface area contributed by atoms with Crippen molar-refractivity contribution < 1.29 is 13.9 Å². The standard InChI is InChI=1S/C13H13ClFN3O2/c1-7-12(14)11(18(2)17-7)6-20-13(19)9-5-8(15)3-4-10(9)16/h3-5H,6,16H2,1-2H3. The molecule has 0 atom stereocenters. The Hall–Kier alpha value is -2.08. The fourth-order valence-electron chi connectivity index (χ4n) is 1.75. The van der Waals surface area contributed by atoms with E-state index in [-0.39, 0.29) is 17.9 Å². The molecule has 0 amide bonds. The number of ether oxygens (including phenoxy) is 1. The molecule has 0 aliphatic rings. The van der Waals surface area contributed by atoms with Crippen molar-refractivity contribution in [1.82, 2.24) is 9.78 Å². The van der Waals surface area contributed by atoms with Crippen LogP contribution in [0.2, 0.25) is 5.02 Å². The summed E-state index contributed by atoms with van der Waals surface area (Å²) in [6.45, 7) is 1.68. The minimum absolute atomic E-state index is 0.0139. The Balaban J connectivity index is 2.15. The first kappa shape index (κ1) is 14.3. The van der Waals surface area contributed by atoms with Gasteiger partial charge < -0.3 is 10.5 Å². The minimum atomic E-state index is -0.711. The largest absolute Gasteiger partial charge is 0.455 e. The molecule has 2 rings (SSSR count). The van der Waals surface area contributed by atoms with Gasteiger partial charge in [-0.2, -0.15) is 5.10 Å². The lowest BCUT2D eigenvalue weighted by Gasteiger charge is -2.07. The summed E-state index contributed by atoms with van der Waals surface area (Å²) in [4.78, 5) is 11.9. The van der Waals surface area contributed by atoms with E-state index < -0.39 is 11.8 Å². The van der Waals surface area contributed by atoms with E-state index in [2.05, 4.69) is 5.10 Å². The predicted octanol–water partition coefficient (Wildman–Crippen LogP) is 2.46. The van der Waals surface area contributed by atoms with Crippen LogP contribution in [0.5, 0.6) is 0 Å². The lowest BCUT2D eigenvalue weighted by Crippen LogP contribution is -2.10. The average Bonchev–Trinajstić information content (AvgIpc) is 2.64. The summed E-state index contributed by atoms with van der Waals surface area (Å²) < 4.78 is 19.7. The number of carbonyl (C=O) groups is 1. The van der Waals surface area contributed by atoms with Gasteiger partial charge in [-0.1, -0.05) is 11.6 Å². The summed E-state index contributed by atoms with van der Waals surface area (Å²) in [6.07, 6.45) is 0. The number of benzene rings is 1. The molecule has 7 heteroatoms. The summed E-state index contributed by atoms with van der Waals surface area (Å²) in [5, 5.41) is 4.54. The molecule has 1 aromatic carbocycles. The van der Waals surface area contributed by atoms with Crippen molar-refractivity contribution in [3.05, 3.63) is 46.0 Å². The van der Waals surface area contributed by atoms with Gasteiger partial charge in [0.15, 0.2) is 0 Å². The molecule has 0 radical (unpaired) electrons. The lowest BCUT2D eigenvalue weighted by molar-refractivity contribution is 0.0464. The molecule has 0 aliphatic carbocycles. The van der Waals surface area contributed by atoms with Gasteiger partial charge in [-0.15, -0.1) is 0 Å². The van der Waals surface area contributed by atoms with E-state index in [0.29, 0.717) is 16.4 Å². The van der Waals surface area contributed by atoms with Gasteiger partial charge in [-0.05, 0) is 25.1 Å². The van der Waals surface area contributed by atoms with Crippen LogP contribution in [0, 0.1) is 12.7 Å². The number of nitrogen functional groups attached to an aromatic ring is 1. The third-order valence-electron chi connectivity index (χ3n) is 2.84. The molecular weight excluding hydrogens is 285 g/mol. The average molecular weight is 298 g/mol. The molecule has 0 unspecified atom stereocenters. The number of aromatic nitrogens is 2. The van der Waals surface area contributed by atoms with Gasteiger partial charge in [0, 0.05) is 12.7 Å². The van der Waals surface area contributed by atoms with Crippen LogP contribution < -0.4 is 5.73 Å². The highest BCUT2D eigenvalue weighted by atomic mass is 35.5. The van der Waals surface area contributed by atoms with Crippen LogP contribution in [0.3, 0.4) is 0 Å². The van der Waals surface area contributed by atoms with Crippen molar-refractivity contribution in [2.24, 2.45) is 7.05 Å². The Morgan fingerprint density at radius 3 is 2.85 bits per heavy atom. The van der Waals surface area contributed by atoms with E-state index in [1.165, 1.54) is 16.8 Å². The van der Waals surface area contributed by atoms with Crippen molar-refractivity contribution in [2.75, 3.05) is 5.73 Å². The van der Waals surface area contributed by atoms with E-state index in [9.17, 15) is 9.18 Å². The maximum absolute atomic E-state index is 13.1. The number of nitrogens with two attached hydrogens (primary N) is 1. The zero-order valence-electron chi connectivity index (χ0n) is 11.0. The molecule has 0 bridgehead atoms. The molecular formula is C13H13ClFN3O2. The smallest absolute Gasteiger partial charge is 0.340 e. The van der Waals surface area contributed by atoms with Crippen molar-refractivity contribution in [2.45, 2.75) is 13.5 Å². The Labute approximate surface area is 120 Å². The quantitative estimate of drug-likeness (QED) is 0.698. The van der Waals surface area contributed by atoms with Crippen LogP contribution in [0.15, 0.2) is 18.2 Å². The van der Waals surface area contributed by atoms with Gasteiger partial charge in [0.1, 0.15) is 12.4 Å². The number of carbonyl (C=O) groups excluding carboxylic acids is 1. The van der Waals surface area contributed by atoms with E-state index in [0.717, 1.165) is 6.07 Å². The fourth-order valence-corrected chi connectivity index (χ4v) is 1.97. The molecule has 0 saturated carbocycles. The summed E-state index contributed by atoms with van der Waals surface area (Å²) in [5.74, 6) is -1.27. The highest BCUT2D eigenvalue weighted by Gasteiger charge is 2.16. The van der Waals surface area contributed by atoms with Gasteiger partial charge in [-0.25, -0.2) is 9.18 Å². The van der Waals surface area contributed by atoms with Crippen LogP contribution in [-0.4, -0.2) is 15.7 Å². The normalized spacial score (nSPS) is 10.6. The number of anilines is 1. The fraction of sp³-hybridized carbons (Fsp3) is 0.231. The molecule has 20 heavy (non-hydrogen) atoms. The van der Waals surface area contributed by atoms with Crippen LogP contribution in [0.4, 0.5) is 10.1 Å². The minimum Gasteiger partial charge on any atom is -0.455 e. The topological polar surface area (TPSA) is 70.1 Å². The van der Waals surface area contributed by atoms with Crippen LogP contribution in [0.25, 0.3) is 0 Å². The zero-order chi connectivity index (χ0) is 14.9. The maximum Gasteiger partial charge on any atom is 0.340 e. The highest BCUT2D eigenvalue weighted by molar-refractivity contribution is 6.31. The van der Waals surface area contributed by atoms with E-state index in [1.54, 1.807) is 14.0 Å². The number of halogens is 2. The Bertz CT molecular complexity index is 670. The Morgan fingerprint density at radius 2 is 2.25 bits per heavy atom. The first-order valence-electron chi connectivity index (χ1n) is 5.80. The Kier molecular flexibility index (Phi) is 3.94. The van der Waals surface area contributed by atoms with Crippen molar-refractivity contribution in [3.63, 3.8) is 0 Å². The molecule has 2 N–H and O–H groups in total. The molecule has 5 nitrogen and oxygen atoms in total. The molecule has 0 spiro atoms. The van der Waals surface area contributed by atoms with Crippen LogP contribution >= 0.6 is 11.6 Å². The predicted molar refractivity (Wildman–Crippen MR) is 72.9 cm³/mol. The molecule has 0 saturated heterocycles. The van der Waals surface area contributed by atoms with E-state index >= 15 is 0 Å². The van der Waals surface area contributed by atoms with E-state index in [4.69, 9.17) is 22.1 Å². The lowest BCUT2D eigenvalue weighted by atomic mass is 10.2. The second kappa shape index (κ2) is 5.50. The number of rotatable bonds is 3. The summed E-state index contributed by atoms with van der Waals surface area (Å²) in [6, 6.07) is 3.52. The molecule has 0 aliphatic heterocycles. The highest BCUT2D eigenvalue weighted by Crippen LogP contribution is 2.21. The molecule has 1 heterocycles. The van der Waals surface area contributed by atoms with Gasteiger partial charge in [-0.3, -0.25) is 4.68 Å². The number of aryl methyl sites for hydroxylation is 2. The second-order valence-corrected chi connectivity index (χ2v) is 4.66. The number of esters is 1. The molecule has 106 valence electrons. The van der Waals surface area contributed by atoms with Gasteiger partial charge in [0.2, 0.25) is 0 Å². The van der Waals surface area contributed by atoms with Gasteiger partial charge in [0.25, 0.3) is 0 Å². The first-order chi connectivity index (χ1) is 9.40. The van der Waals surface area contributed by atoms with Crippen LogP contribution in [-0.2, 0) is 18.4 Å². The number of nitrogens with zero attached hydrogens (tertiary/aromatic N) is 2. The number of hydrogen-bond acceptors (Lipinski definition) is 4. The maximum atomic E-state index is 13.1. The third-order valence-corrected chi connectivity index (χ3v) is 3.33. The molecule has 1 aromatic heterocycles. The van der Waals surface area contributed by atoms with Crippen molar-refractivity contribution in [3.8, 4) is 0 Å². The Morgan fingerprint density at radius 1 is 1.55 bits per heavy atom. The third kappa shape index (κ3) is 2.75. The summed E-state index contributed by atoms with van der Waals surface area (Å²) >= 11 is 6.04.